The zero-order chi connectivity index (χ0) is 25.4. The van der Waals surface area contributed by atoms with Crippen LogP contribution in [0.1, 0.15) is 27.4 Å². The number of fused-ring (bicyclic) bond motifs is 1. The van der Waals surface area contributed by atoms with Crippen LogP contribution in [0, 0.1) is 0 Å². The molecule has 3 heterocycles. The van der Waals surface area contributed by atoms with Crippen LogP contribution < -0.4 is 4.74 Å². The summed E-state index contributed by atoms with van der Waals surface area (Å²) >= 11 is 5.94. The lowest BCUT2D eigenvalue weighted by atomic mass is 10.0. The van der Waals surface area contributed by atoms with Crippen molar-refractivity contribution >= 4 is 28.3 Å². The molecule has 3 aromatic heterocycles. The van der Waals surface area contributed by atoms with Gasteiger partial charge in [0.15, 0.2) is 5.76 Å². The molecule has 0 spiro atoms. The van der Waals surface area contributed by atoms with Crippen LogP contribution in [-0.2, 0) is 12.7 Å². The van der Waals surface area contributed by atoms with Crippen LogP contribution in [0.4, 0.5) is 13.2 Å². The minimum Gasteiger partial charge on any atom is -0.497 e. The Bertz CT molecular complexity index is 1560. The van der Waals surface area contributed by atoms with E-state index in [1.54, 1.807) is 48.5 Å². The number of methoxy groups -OCH3 is 1. The molecule has 0 amide bonds. The minimum absolute atomic E-state index is 0.0231. The maximum atomic E-state index is 14.6. The number of rotatable bonds is 6. The van der Waals surface area contributed by atoms with Gasteiger partial charge in [0.05, 0.1) is 18.9 Å². The van der Waals surface area contributed by atoms with Crippen LogP contribution in [0.15, 0.2) is 77.5 Å². The van der Waals surface area contributed by atoms with E-state index in [0.29, 0.717) is 22.0 Å². The number of benzene rings is 2. The van der Waals surface area contributed by atoms with E-state index in [0.717, 1.165) is 10.8 Å². The first-order valence-electron chi connectivity index (χ1n) is 10.7. The van der Waals surface area contributed by atoms with Gasteiger partial charge in [-0.3, -0.25) is 9.78 Å². The zero-order valence-corrected chi connectivity index (χ0v) is 19.5. The molecule has 0 bridgehead atoms. The largest absolute Gasteiger partial charge is 0.497 e. The van der Waals surface area contributed by atoms with E-state index in [1.165, 1.54) is 25.4 Å². The second-order valence-electron chi connectivity index (χ2n) is 7.89. The first-order chi connectivity index (χ1) is 17.3. The van der Waals surface area contributed by atoms with Gasteiger partial charge in [-0.1, -0.05) is 29.8 Å². The second-order valence-corrected chi connectivity index (χ2v) is 8.33. The van der Waals surface area contributed by atoms with Gasteiger partial charge in [0.1, 0.15) is 17.1 Å². The molecule has 0 fully saturated rings. The molecule has 0 saturated carbocycles. The number of oxazole rings is 1. The molecule has 182 valence electrons. The standard InChI is InChI=1S/C26H17ClF3N3O3/c1-35-17-9-10-20-18(12-17)22(23(34)21-13-32-25(36-21)19-4-2-3-11-31-19)24(26(28,29)30)33(20)14-15-5-7-16(27)8-6-15/h2-13H,14H2,1H3. The van der Waals surface area contributed by atoms with E-state index in [2.05, 4.69) is 9.97 Å². The Hall–Kier alpha value is -4.11. The summed E-state index contributed by atoms with van der Waals surface area (Å²) in [5.74, 6) is -0.963. The van der Waals surface area contributed by atoms with Crippen molar-refractivity contribution in [2.75, 3.05) is 7.11 Å². The molecule has 10 heteroatoms. The maximum absolute atomic E-state index is 14.6. The summed E-state index contributed by atoms with van der Waals surface area (Å²) in [5.41, 5.74) is -0.505. The number of aromatic nitrogens is 3. The predicted octanol–water partition coefficient (Wildman–Crippen LogP) is 6.65. The summed E-state index contributed by atoms with van der Waals surface area (Å²) in [5, 5.41) is 0.540. The average Bonchev–Trinajstić information content (AvgIpc) is 3.49. The van der Waals surface area contributed by atoms with Crippen molar-refractivity contribution in [3.8, 4) is 17.3 Å². The van der Waals surface area contributed by atoms with Gasteiger partial charge in [-0.05, 0) is 48.0 Å². The van der Waals surface area contributed by atoms with E-state index in [9.17, 15) is 18.0 Å². The summed E-state index contributed by atoms with van der Waals surface area (Å²) in [6.45, 7) is -0.141. The summed E-state index contributed by atoms with van der Waals surface area (Å²) in [6.07, 6.45) is -2.23. The topological polar surface area (TPSA) is 70.2 Å². The highest BCUT2D eigenvalue weighted by Crippen LogP contribution is 2.41. The summed E-state index contributed by atoms with van der Waals surface area (Å²) in [4.78, 5) is 21.7. The van der Waals surface area contributed by atoms with Crippen LogP contribution in [0.5, 0.6) is 5.75 Å². The van der Waals surface area contributed by atoms with Crippen molar-refractivity contribution in [3.63, 3.8) is 0 Å². The highest BCUT2D eigenvalue weighted by atomic mass is 35.5. The molecule has 0 saturated heterocycles. The molecule has 0 N–H and O–H groups in total. The quantitative estimate of drug-likeness (QED) is 0.239. The molecule has 0 aliphatic carbocycles. The van der Waals surface area contributed by atoms with Crippen molar-refractivity contribution < 1.29 is 27.1 Å². The van der Waals surface area contributed by atoms with Crippen LogP contribution in [-0.4, -0.2) is 27.4 Å². The van der Waals surface area contributed by atoms with Crippen molar-refractivity contribution in [1.82, 2.24) is 14.5 Å². The monoisotopic (exact) mass is 511 g/mol. The molecular weight excluding hydrogens is 495 g/mol. The zero-order valence-electron chi connectivity index (χ0n) is 18.7. The maximum Gasteiger partial charge on any atom is 0.432 e. The Morgan fingerprint density at radius 1 is 1.08 bits per heavy atom. The van der Waals surface area contributed by atoms with Gasteiger partial charge in [-0.2, -0.15) is 13.2 Å². The van der Waals surface area contributed by atoms with Gasteiger partial charge in [-0.25, -0.2) is 4.98 Å². The third kappa shape index (κ3) is 4.33. The Morgan fingerprint density at radius 2 is 1.86 bits per heavy atom. The van der Waals surface area contributed by atoms with Gasteiger partial charge in [0, 0.05) is 28.7 Å². The molecule has 36 heavy (non-hydrogen) atoms. The third-order valence-corrected chi connectivity index (χ3v) is 5.89. The van der Waals surface area contributed by atoms with E-state index in [4.69, 9.17) is 20.8 Å². The number of nitrogens with zero attached hydrogens (tertiary/aromatic N) is 3. The lowest BCUT2D eigenvalue weighted by Gasteiger charge is -2.15. The molecule has 0 unspecified atom stereocenters. The van der Waals surface area contributed by atoms with E-state index in [-0.39, 0.29) is 29.1 Å². The number of halogens is 4. The number of carbonyl (C=O) groups is 1. The SMILES string of the molecule is COc1ccc2c(c1)c(C(=O)c1cnc(-c3ccccn3)o1)c(C(F)(F)F)n2Cc1ccc(Cl)cc1. The Labute approximate surface area is 207 Å². The fraction of sp³-hybridized carbons (Fsp3) is 0.115. The highest BCUT2D eigenvalue weighted by Gasteiger charge is 2.42. The number of pyridine rings is 1. The van der Waals surface area contributed by atoms with Crippen molar-refractivity contribution in [2.24, 2.45) is 0 Å². The minimum atomic E-state index is -4.85. The summed E-state index contributed by atoms with van der Waals surface area (Å²) in [6, 6.07) is 15.9. The highest BCUT2D eigenvalue weighted by molar-refractivity contribution is 6.30. The van der Waals surface area contributed by atoms with E-state index in [1.807, 2.05) is 0 Å². The van der Waals surface area contributed by atoms with Gasteiger partial charge in [0.2, 0.25) is 11.7 Å². The number of alkyl halides is 3. The molecule has 5 aromatic rings. The predicted molar refractivity (Wildman–Crippen MR) is 127 cm³/mol. The molecule has 5 rings (SSSR count). The van der Waals surface area contributed by atoms with Crippen molar-refractivity contribution in [1.29, 1.82) is 0 Å². The van der Waals surface area contributed by atoms with Crippen LogP contribution >= 0.6 is 11.6 Å². The average molecular weight is 512 g/mol. The fourth-order valence-corrected chi connectivity index (χ4v) is 4.16. The number of carbonyl (C=O) groups excluding carboxylic acids is 1. The number of ether oxygens (including phenoxy) is 1. The van der Waals surface area contributed by atoms with E-state index < -0.39 is 23.2 Å². The summed E-state index contributed by atoms with van der Waals surface area (Å²) < 4.78 is 55.5. The molecular formula is C26H17ClF3N3O3. The Kier molecular flexibility index (Phi) is 6.01. The van der Waals surface area contributed by atoms with Gasteiger partial charge in [0.25, 0.3) is 0 Å². The molecule has 0 aliphatic rings. The van der Waals surface area contributed by atoms with Crippen molar-refractivity contribution in [3.05, 3.63) is 101 Å². The first-order valence-corrected chi connectivity index (χ1v) is 11.1. The summed E-state index contributed by atoms with van der Waals surface area (Å²) in [7, 11) is 1.40. The lowest BCUT2D eigenvalue weighted by Crippen LogP contribution is -2.18. The number of ketones is 1. The van der Waals surface area contributed by atoms with Crippen LogP contribution in [0.3, 0.4) is 0 Å². The number of hydrogen-bond acceptors (Lipinski definition) is 5. The fourth-order valence-electron chi connectivity index (χ4n) is 4.03. The molecule has 0 aliphatic heterocycles. The van der Waals surface area contributed by atoms with Gasteiger partial charge < -0.3 is 13.7 Å². The van der Waals surface area contributed by atoms with Crippen molar-refractivity contribution in [2.45, 2.75) is 12.7 Å². The van der Waals surface area contributed by atoms with Crippen LogP contribution in [0.2, 0.25) is 5.02 Å². The van der Waals surface area contributed by atoms with Gasteiger partial charge in [-0.15, -0.1) is 0 Å². The third-order valence-electron chi connectivity index (χ3n) is 5.63. The van der Waals surface area contributed by atoms with Gasteiger partial charge >= 0.3 is 6.18 Å². The normalized spacial score (nSPS) is 11.7. The molecule has 0 atom stereocenters. The van der Waals surface area contributed by atoms with E-state index >= 15 is 0 Å². The molecule has 0 radical (unpaired) electrons. The smallest absolute Gasteiger partial charge is 0.432 e. The Morgan fingerprint density at radius 3 is 2.53 bits per heavy atom. The molecule has 2 aromatic carbocycles. The lowest BCUT2D eigenvalue weighted by molar-refractivity contribution is -0.143. The molecule has 6 nitrogen and oxygen atoms in total. The second kappa shape index (κ2) is 9.16. The Balaban J connectivity index is 1.71. The first kappa shape index (κ1) is 23.6. The number of hydrogen-bond donors (Lipinski definition) is 0. The van der Waals surface area contributed by atoms with Crippen LogP contribution in [0.25, 0.3) is 22.5 Å².